The van der Waals surface area contributed by atoms with Crippen LogP contribution in [0.2, 0.25) is 0 Å². The molecule has 9 heteroatoms. The van der Waals surface area contributed by atoms with Crippen LogP contribution in [0.15, 0.2) is 61.1 Å². The van der Waals surface area contributed by atoms with Gasteiger partial charge in [-0.15, -0.1) is 0 Å². The van der Waals surface area contributed by atoms with Gasteiger partial charge in [0, 0.05) is 34.4 Å². The Balaban J connectivity index is 1.32. The summed E-state index contributed by atoms with van der Waals surface area (Å²) in [5, 5.41) is 0. The first-order chi connectivity index (χ1) is 16.4. The molecule has 0 saturated heterocycles. The smallest absolute Gasteiger partial charge is 0.357 e. The third-order valence-electron chi connectivity index (χ3n) is 5.63. The molecule has 0 unspecified atom stereocenters. The molecule has 0 bridgehead atoms. The number of aryl methyl sites for hydroxylation is 1. The maximum Gasteiger partial charge on any atom is 0.357 e. The first kappa shape index (κ1) is 21.4. The third kappa shape index (κ3) is 3.81. The van der Waals surface area contributed by atoms with E-state index in [0.717, 1.165) is 11.4 Å². The Hall–Kier alpha value is -4.40. The van der Waals surface area contributed by atoms with Crippen molar-refractivity contribution < 1.29 is 28.2 Å². The zero-order valence-corrected chi connectivity index (χ0v) is 18.4. The van der Waals surface area contributed by atoms with Crippen molar-refractivity contribution in [2.24, 2.45) is 0 Å². The lowest BCUT2D eigenvalue weighted by atomic mass is 10.1. The molecule has 4 aromatic rings. The molecule has 1 aliphatic heterocycles. The van der Waals surface area contributed by atoms with Gasteiger partial charge in [-0.05, 0) is 56.3 Å². The number of ether oxygens (including phenoxy) is 3. The quantitative estimate of drug-likeness (QED) is 0.316. The summed E-state index contributed by atoms with van der Waals surface area (Å²) in [7, 11) is 0. The standard InChI is InChI=1S/C25H20FN3O5/c1-15-9-20(16(2)29(15)19-7-8-23-24(10-19)34-14-33-23)22(30)12-32-25(31)21-11-27-13-28(21)18-5-3-17(26)4-6-18/h3-11,13H,12,14H2,1-2H3. The number of benzene rings is 2. The monoisotopic (exact) mass is 461 g/mol. The number of rotatable bonds is 6. The summed E-state index contributed by atoms with van der Waals surface area (Å²) in [6, 6.07) is 12.9. The predicted molar refractivity (Wildman–Crippen MR) is 120 cm³/mol. The van der Waals surface area contributed by atoms with E-state index < -0.39 is 18.4 Å². The Morgan fingerprint density at radius 3 is 2.56 bits per heavy atom. The van der Waals surface area contributed by atoms with E-state index in [4.69, 9.17) is 14.2 Å². The van der Waals surface area contributed by atoms with E-state index in [1.807, 2.05) is 36.6 Å². The number of carbonyl (C=O) groups excluding carboxylic acids is 2. The van der Waals surface area contributed by atoms with Crippen molar-refractivity contribution in [1.29, 1.82) is 0 Å². The van der Waals surface area contributed by atoms with E-state index in [2.05, 4.69) is 4.98 Å². The summed E-state index contributed by atoms with van der Waals surface area (Å²) in [4.78, 5) is 29.5. The first-order valence-corrected chi connectivity index (χ1v) is 10.5. The summed E-state index contributed by atoms with van der Waals surface area (Å²) in [5.74, 6) is -0.114. The van der Waals surface area contributed by atoms with E-state index in [1.54, 1.807) is 6.07 Å². The highest BCUT2D eigenvalue weighted by atomic mass is 19.1. The van der Waals surface area contributed by atoms with Crippen LogP contribution in [0.3, 0.4) is 0 Å². The number of aromatic nitrogens is 3. The molecule has 0 amide bonds. The number of Topliss-reactive ketones (excluding diaryl/α,β-unsaturated/α-hetero) is 1. The number of hydrogen-bond donors (Lipinski definition) is 0. The SMILES string of the molecule is Cc1cc(C(=O)COC(=O)c2cncn2-c2ccc(F)cc2)c(C)n1-c1ccc2c(c1)OCO2. The predicted octanol–water partition coefficient (Wildman–Crippen LogP) is 4.19. The minimum atomic E-state index is -0.709. The average Bonchev–Trinajstić information content (AvgIpc) is 3.56. The van der Waals surface area contributed by atoms with E-state index in [9.17, 15) is 14.0 Å². The lowest BCUT2D eigenvalue weighted by molar-refractivity contribution is 0.0466. The highest BCUT2D eigenvalue weighted by molar-refractivity contribution is 6.00. The molecular weight excluding hydrogens is 441 g/mol. The van der Waals surface area contributed by atoms with Crippen molar-refractivity contribution in [3.8, 4) is 22.9 Å². The van der Waals surface area contributed by atoms with Gasteiger partial charge in [-0.3, -0.25) is 9.36 Å². The van der Waals surface area contributed by atoms with Crippen LogP contribution in [-0.2, 0) is 4.74 Å². The summed E-state index contributed by atoms with van der Waals surface area (Å²) in [5.41, 5.74) is 3.53. The highest BCUT2D eigenvalue weighted by Gasteiger charge is 2.22. The van der Waals surface area contributed by atoms with Gasteiger partial charge in [0.1, 0.15) is 5.82 Å². The number of hydrogen-bond acceptors (Lipinski definition) is 6. The van der Waals surface area contributed by atoms with Gasteiger partial charge in [-0.2, -0.15) is 0 Å². The number of nitrogens with zero attached hydrogens (tertiary/aromatic N) is 3. The van der Waals surface area contributed by atoms with E-state index >= 15 is 0 Å². The molecule has 34 heavy (non-hydrogen) atoms. The summed E-state index contributed by atoms with van der Waals surface area (Å²) >= 11 is 0. The fourth-order valence-corrected chi connectivity index (χ4v) is 4.00. The van der Waals surface area contributed by atoms with Crippen molar-refractivity contribution in [3.63, 3.8) is 0 Å². The van der Waals surface area contributed by atoms with Crippen LogP contribution in [0.1, 0.15) is 32.2 Å². The van der Waals surface area contributed by atoms with Gasteiger partial charge in [0.05, 0.1) is 12.5 Å². The number of carbonyl (C=O) groups is 2. The molecule has 0 spiro atoms. The Morgan fingerprint density at radius 2 is 1.76 bits per heavy atom. The molecule has 0 atom stereocenters. The normalized spacial score (nSPS) is 12.1. The molecule has 2 aromatic heterocycles. The van der Waals surface area contributed by atoms with E-state index in [-0.39, 0.29) is 18.3 Å². The van der Waals surface area contributed by atoms with E-state index in [1.165, 1.54) is 41.4 Å². The minimum Gasteiger partial charge on any atom is -0.454 e. The molecule has 172 valence electrons. The van der Waals surface area contributed by atoms with Crippen LogP contribution in [0.4, 0.5) is 4.39 Å². The minimum absolute atomic E-state index is 0.130. The van der Waals surface area contributed by atoms with Crippen molar-refractivity contribution in [2.45, 2.75) is 13.8 Å². The summed E-state index contributed by atoms with van der Waals surface area (Å²) < 4.78 is 32.7. The summed E-state index contributed by atoms with van der Waals surface area (Å²) in [6.07, 6.45) is 2.76. The molecule has 8 nitrogen and oxygen atoms in total. The lowest BCUT2D eigenvalue weighted by Gasteiger charge is -2.11. The van der Waals surface area contributed by atoms with Gasteiger partial charge < -0.3 is 18.8 Å². The van der Waals surface area contributed by atoms with E-state index in [0.29, 0.717) is 28.4 Å². The Morgan fingerprint density at radius 1 is 1.03 bits per heavy atom. The van der Waals surface area contributed by atoms with Gasteiger partial charge in [-0.1, -0.05) is 0 Å². The molecule has 0 radical (unpaired) electrons. The van der Waals surface area contributed by atoms with Crippen LogP contribution in [-0.4, -0.2) is 39.3 Å². The number of imidazole rings is 1. The van der Waals surface area contributed by atoms with Crippen LogP contribution in [0.25, 0.3) is 11.4 Å². The fourth-order valence-electron chi connectivity index (χ4n) is 4.00. The maximum atomic E-state index is 13.2. The molecule has 5 rings (SSSR count). The molecule has 3 heterocycles. The largest absolute Gasteiger partial charge is 0.454 e. The van der Waals surface area contributed by atoms with Crippen LogP contribution >= 0.6 is 0 Å². The van der Waals surface area contributed by atoms with Crippen molar-refractivity contribution in [2.75, 3.05) is 13.4 Å². The number of fused-ring (bicyclic) bond motifs is 1. The van der Waals surface area contributed by atoms with Crippen LogP contribution < -0.4 is 9.47 Å². The van der Waals surface area contributed by atoms with Crippen LogP contribution in [0, 0.1) is 19.7 Å². The fraction of sp³-hybridized carbons (Fsp3) is 0.160. The summed E-state index contributed by atoms with van der Waals surface area (Å²) in [6.45, 7) is 3.47. The van der Waals surface area contributed by atoms with Crippen molar-refractivity contribution in [3.05, 3.63) is 89.5 Å². The Bertz CT molecular complexity index is 1400. The third-order valence-corrected chi connectivity index (χ3v) is 5.63. The second kappa shape index (κ2) is 8.51. The number of esters is 1. The molecule has 0 N–H and O–H groups in total. The molecule has 1 aliphatic rings. The van der Waals surface area contributed by atoms with Gasteiger partial charge in [0.2, 0.25) is 12.6 Å². The molecule has 2 aromatic carbocycles. The van der Waals surface area contributed by atoms with Gasteiger partial charge >= 0.3 is 5.97 Å². The van der Waals surface area contributed by atoms with Gasteiger partial charge in [0.25, 0.3) is 0 Å². The lowest BCUT2D eigenvalue weighted by Crippen LogP contribution is -2.17. The second-order valence-electron chi connectivity index (χ2n) is 7.78. The molecule has 0 aliphatic carbocycles. The highest BCUT2D eigenvalue weighted by Crippen LogP contribution is 2.35. The molecular formula is C25H20FN3O5. The first-order valence-electron chi connectivity index (χ1n) is 10.5. The second-order valence-corrected chi connectivity index (χ2v) is 7.78. The Labute approximate surface area is 194 Å². The average molecular weight is 461 g/mol. The van der Waals surface area contributed by atoms with Crippen LogP contribution in [0.5, 0.6) is 11.5 Å². The zero-order valence-electron chi connectivity index (χ0n) is 18.4. The van der Waals surface area contributed by atoms with Gasteiger partial charge in [0.15, 0.2) is 23.8 Å². The van der Waals surface area contributed by atoms with Crippen molar-refractivity contribution in [1.82, 2.24) is 14.1 Å². The Kier molecular flexibility index (Phi) is 5.37. The van der Waals surface area contributed by atoms with Crippen molar-refractivity contribution >= 4 is 11.8 Å². The molecule has 0 saturated carbocycles. The molecule has 0 fully saturated rings. The van der Waals surface area contributed by atoms with Gasteiger partial charge in [-0.25, -0.2) is 14.2 Å². The topological polar surface area (TPSA) is 84.6 Å². The zero-order chi connectivity index (χ0) is 23.8. The maximum absolute atomic E-state index is 13.2. The number of ketones is 1. The number of halogens is 1.